The lowest BCUT2D eigenvalue weighted by atomic mass is 10.0. The molecule has 28 heavy (non-hydrogen) atoms. The van der Waals surface area contributed by atoms with Gasteiger partial charge in [-0.15, -0.1) is 0 Å². The number of hydrogen-bond donors (Lipinski definition) is 0. The summed E-state index contributed by atoms with van der Waals surface area (Å²) >= 11 is 0. The Morgan fingerprint density at radius 1 is 1.04 bits per heavy atom. The van der Waals surface area contributed by atoms with Crippen molar-refractivity contribution in [1.29, 1.82) is 0 Å². The molecule has 1 heterocycles. The van der Waals surface area contributed by atoms with Gasteiger partial charge < -0.3 is 0 Å². The number of allylic oxidation sites excluding steroid dienone is 1. The van der Waals surface area contributed by atoms with Crippen molar-refractivity contribution in [3.8, 4) is 11.3 Å². The highest BCUT2D eigenvalue weighted by molar-refractivity contribution is 5.98. The Balaban J connectivity index is 1.82. The van der Waals surface area contributed by atoms with Gasteiger partial charge in [0.15, 0.2) is 0 Å². The minimum Gasteiger partial charge on any atom is -0.261 e. The lowest BCUT2D eigenvalue weighted by molar-refractivity contribution is 0.483. The van der Waals surface area contributed by atoms with Gasteiger partial charge in [0.2, 0.25) is 0 Å². The summed E-state index contributed by atoms with van der Waals surface area (Å²) in [5.41, 5.74) is 6.32. The number of para-hydroxylation sites is 1. The molecule has 1 saturated carbocycles. The molecule has 0 bridgehead atoms. The fraction of sp³-hybridized carbons (Fsp3) is 0.423. The predicted octanol–water partition coefficient (Wildman–Crippen LogP) is 7.72. The second-order valence-electron chi connectivity index (χ2n) is 8.19. The van der Waals surface area contributed by atoms with Crippen LogP contribution < -0.4 is 0 Å². The van der Waals surface area contributed by atoms with Gasteiger partial charge >= 0.3 is 0 Å². The predicted molar refractivity (Wildman–Crippen MR) is 121 cm³/mol. The maximum Gasteiger partial charge on any atom is 0.100 e. The summed E-state index contributed by atoms with van der Waals surface area (Å²) in [7, 11) is 0. The second kappa shape index (κ2) is 8.77. The summed E-state index contributed by atoms with van der Waals surface area (Å²) in [4.78, 5) is 0. The fourth-order valence-electron chi connectivity index (χ4n) is 4.53. The third-order valence-corrected chi connectivity index (χ3v) is 6.10. The van der Waals surface area contributed by atoms with Crippen molar-refractivity contribution < 1.29 is 0 Å². The van der Waals surface area contributed by atoms with Gasteiger partial charge in [-0.25, -0.2) is 0 Å². The number of hydrogen-bond acceptors (Lipinski definition) is 1. The van der Waals surface area contributed by atoms with E-state index in [-0.39, 0.29) is 0 Å². The van der Waals surface area contributed by atoms with Crippen LogP contribution in [0.15, 0.2) is 48.5 Å². The quantitative estimate of drug-likeness (QED) is 0.388. The summed E-state index contributed by atoms with van der Waals surface area (Å²) in [5.74, 6) is 0. The molecule has 0 amide bonds. The average Bonchev–Trinajstić information content (AvgIpc) is 3.36. The maximum absolute atomic E-state index is 5.20. The van der Waals surface area contributed by atoms with Gasteiger partial charge in [0, 0.05) is 16.5 Å². The Morgan fingerprint density at radius 3 is 2.64 bits per heavy atom. The highest BCUT2D eigenvalue weighted by Crippen LogP contribution is 2.38. The van der Waals surface area contributed by atoms with Crippen molar-refractivity contribution in [2.75, 3.05) is 0 Å². The molecule has 0 N–H and O–H groups in total. The number of unbranched alkanes of at least 4 members (excludes halogenated alkanes) is 3. The van der Waals surface area contributed by atoms with Gasteiger partial charge in [-0.2, -0.15) is 5.10 Å². The van der Waals surface area contributed by atoms with E-state index in [1.807, 2.05) is 0 Å². The molecule has 1 aromatic heterocycles. The molecule has 0 unspecified atom stereocenters. The molecule has 2 aromatic carbocycles. The first-order valence-corrected chi connectivity index (χ1v) is 11.0. The van der Waals surface area contributed by atoms with Crippen molar-refractivity contribution in [1.82, 2.24) is 9.78 Å². The van der Waals surface area contributed by atoms with Crippen molar-refractivity contribution >= 4 is 17.0 Å². The first-order valence-electron chi connectivity index (χ1n) is 11.0. The van der Waals surface area contributed by atoms with E-state index >= 15 is 0 Å². The van der Waals surface area contributed by atoms with Gasteiger partial charge in [0.1, 0.15) is 5.69 Å². The number of aryl methyl sites for hydroxylation is 1. The molecule has 4 rings (SSSR count). The van der Waals surface area contributed by atoms with E-state index in [1.54, 1.807) is 0 Å². The molecule has 146 valence electrons. The van der Waals surface area contributed by atoms with Crippen LogP contribution in [0.25, 0.3) is 28.2 Å². The molecule has 2 heteroatoms. The van der Waals surface area contributed by atoms with E-state index in [4.69, 9.17) is 5.10 Å². The van der Waals surface area contributed by atoms with Gasteiger partial charge in [-0.1, -0.05) is 87.2 Å². The van der Waals surface area contributed by atoms with E-state index in [0.717, 1.165) is 12.1 Å². The Kier molecular flexibility index (Phi) is 5.95. The summed E-state index contributed by atoms with van der Waals surface area (Å²) < 4.78 is 2.36. The van der Waals surface area contributed by atoms with Gasteiger partial charge in [-0.05, 0) is 38.2 Å². The van der Waals surface area contributed by atoms with Crippen LogP contribution in [0, 0.1) is 6.92 Å². The molecule has 1 aliphatic rings. The molecular formula is C26H32N2. The van der Waals surface area contributed by atoms with E-state index in [0.29, 0.717) is 6.04 Å². The first kappa shape index (κ1) is 19.0. The monoisotopic (exact) mass is 372 g/mol. The van der Waals surface area contributed by atoms with E-state index in [9.17, 15) is 0 Å². The molecular weight excluding hydrogens is 340 g/mol. The third kappa shape index (κ3) is 3.78. The normalized spacial score (nSPS) is 15.2. The Labute approximate surface area is 169 Å². The summed E-state index contributed by atoms with van der Waals surface area (Å²) in [6, 6.07) is 15.9. The minimum atomic E-state index is 0.537. The number of fused-ring (bicyclic) bond motifs is 1. The smallest absolute Gasteiger partial charge is 0.100 e. The Morgan fingerprint density at radius 2 is 1.86 bits per heavy atom. The van der Waals surface area contributed by atoms with E-state index in [1.165, 1.54) is 72.5 Å². The number of rotatable bonds is 7. The van der Waals surface area contributed by atoms with E-state index in [2.05, 4.69) is 73.1 Å². The van der Waals surface area contributed by atoms with Gasteiger partial charge in [0.25, 0.3) is 0 Å². The highest BCUT2D eigenvalue weighted by atomic mass is 15.3. The largest absolute Gasteiger partial charge is 0.261 e. The SMILES string of the molecule is CCCCC/C=C/c1cccc2c(-c3ccccc3C)nn(C3CCCC3)c12. The van der Waals surface area contributed by atoms with Crippen LogP contribution in [-0.2, 0) is 0 Å². The average molecular weight is 373 g/mol. The Hall–Kier alpha value is -2.35. The molecule has 0 atom stereocenters. The lowest BCUT2D eigenvalue weighted by Gasteiger charge is -2.12. The highest BCUT2D eigenvalue weighted by Gasteiger charge is 2.23. The molecule has 0 radical (unpaired) electrons. The van der Waals surface area contributed by atoms with Crippen molar-refractivity contribution in [3.63, 3.8) is 0 Å². The lowest BCUT2D eigenvalue weighted by Crippen LogP contribution is -2.07. The summed E-state index contributed by atoms with van der Waals surface area (Å²) in [6.45, 7) is 4.45. The Bertz CT molecular complexity index is 958. The van der Waals surface area contributed by atoms with Crippen LogP contribution in [0.3, 0.4) is 0 Å². The molecule has 0 saturated heterocycles. The van der Waals surface area contributed by atoms with Crippen LogP contribution in [0.4, 0.5) is 0 Å². The van der Waals surface area contributed by atoms with Crippen LogP contribution in [0.5, 0.6) is 0 Å². The molecule has 3 aromatic rings. The zero-order chi connectivity index (χ0) is 19.3. The molecule has 2 nitrogen and oxygen atoms in total. The first-order chi connectivity index (χ1) is 13.8. The number of nitrogens with zero attached hydrogens (tertiary/aromatic N) is 2. The third-order valence-electron chi connectivity index (χ3n) is 6.10. The molecule has 1 fully saturated rings. The number of benzene rings is 2. The van der Waals surface area contributed by atoms with Crippen LogP contribution in [0.2, 0.25) is 0 Å². The molecule has 1 aliphatic carbocycles. The maximum atomic E-state index is 5.20. The zero-order valence-electron chi connectivity index (χ0n) is 17.3. The van der Waals surface area contributed by atoms with Crippen LogP contribution in [0.1, 0.15) is 75.5 Å². The van der Waals surface area contributed by atoms with Crippen LogP contribution in [-0.4, -0.2) is 9.78 Å². The van der Waals surface area contributed by atoms with Crippen LogP contribution >= 0.6 is 0 Å². The topological polar surface area (TPSA) is 17.8 Å². The van der Waals surface area contributed by atoms with Crippen molar-refractivity contribution in [2.24, 2.45) is 0 Å². The number of aromatic nitrogens is 2. The van der Waals surface area contributed by atoms with E-state index < -0.39 is 0 Å². The standard InChI is InChI=1S/C26H32N2/c1-3-4-5-6-7-14-21-15-12-19-24-25(23-18-11-8-13-20(23)2)27-28(26(21)24)22-16-9-10-17-22/h7-8,11-15,18-19,22H,3-6,9-10,16-17H2,1-2H3/b14-7+. The van der Waals surface area contributed by atoms with Crippen molar-refractivity contribution in [3.05, 3.63) is 59.7 Å². The summed E-state index contributed by atoms with van der Waals surface area (Å²) in [5, 5.41) is 6.49. The second-order valence-corrected chi connectivity index (χ2v) is 8.19. The molecule has 0 spiro atoms. The fourth-order valence-corrected chi connectivity index (χ4v) is 4.53. The molecule has 0 aliphatic heterocycles. The van der Waals surface area contributed by atoms with Crippen molar-refractivity contribution in [2.45, 2.75) is 71.3 Å². The van der Waals surface area contributed by atoms with Gasteiger partial charge in [-0.3, -0.25) is 4.68 Å². The van der Waals surface area contributed by atoms with Gasteiger partial charge in [0.05, 0.1) is 11.6 Å². The minimum absolute atomic E-state index is 0.537. The zero-order valence-corrected chi connectivity index (χ0v) is 17.3. The summed E-state index contributed by atoms with van der Waals surface area (Å²) in [6.07, 6.45) is 14.8.